The summed E-state index contributed by atoms with van der Waals surface area (Å²) in [5.74, 6) is 0.495. The van der Waals surface area contributed by atoms with Crippen LogP contribution >= 0.6 is 11.6 Å². The highest BCUT2D eigenvalue weighted by molar-refractivity contribution is 6.27. The maximum Gasteiger partial charge on any atom is 0.155 e. The molecule has 0 spiro atoms. The first-order valence-corrected chi connectivity index (χ1v) is 3.70. The zero-order valence-corrected chi connectivity index (χ0v) is 6.58. The van der Waals surface area contributed by atoms with Crippen LogP contribution < -0.4 is 0 Å². The molecule has 0 saturated heterocycles. The van der Waals surface area contributed by atoms with Crippen LogP contribution in [-0.4, -0.2) is 21.6 Å². The summed E-state index contributed by atoms with van der Waals surface area (Å²) in [7, 11) is 0. The molecule has 1 heterocycles. The second-order valence-corrected chi connectivity index (χ2v) is 2.28. The topological polar surface area (TPSA) is 42.9 Å². The lowest BCUT2D eigenvalue weighted by Crippen LogP contribution is -2.06. The van der Waals surface area contributed by atoms with Crippen LogP contribution in [0.4, 0.5) is 0 Å². The van der Waals surface area contributed by atoms with Gasteiger partial charge in [0.1, 0.15) is 5.82 Å². The number of hydrogen-bond acceptors (Lipinski definition) is 3. The third-order valence-corrected chi connectivity index (χ3v) is 1.42. The van der Waals surface area contributed by atoms with Gasteiger partial charge in [-0.15, -0.1) is 11.6 Å². The molecule has 0 saturated carbocycles. The third kappa shape index (κ3) is 2.63. The SMILES string of the molecule is O=C(CCl)Cc1ncccn1. The third-order valence-electron chi connectivity index (χ3n) is 1.12. The Balaban J connectivity index is 2.58. The van der Waals surface area contributed by atoms with E-state index in [4.69, 9.17) is 11.6 Å². The summed E-state index contributed by atoms with van der Waals surface area (Å²) in [6.45, 7) is 0. The van der Waals surface area contributed by atoms with Crippen molar-refractivity contribution in [2.24, 2.45) is 0 Å². The van der Waals surface area contributed by atoms with Crippen molar-refractivity contribution in [1.29, 1.82) is 0 Å². The predicted octanol–water partition coefficient (Wildman–Crippen LogP) is 0.827. The number of hydrogen-bond donors (Lipinski definition) is 0. The van der Waals surface area contributed by atoms with Crippen LogP contribution in [0.1, 0.15) is 5.82 Å². The fourth-order valence-electron chi connectivity index (χ4n) is 0.645. The van der Waals surface area contributed by atoms with E-state index in [0.717, 1.165) is 0 Å². The molecule has 1 aromatic heterocycles. The van der Waals surface area contributed by atoms with E-state index >= 15 is 0 Å². The Bertz CT molecular complexity index is 237. The number of Topliss-reactive ketones (excluding diaryl/α,β-unsaturated/α-hetero) is 1. The van der Waals surface area contributed by atoms with Gasteiger partial charge in [0.05, 0.1) is 12.3 Å². The van der Waals surface area contributed by atoms with E-state index in [9.17, 15) is 4.79 Å². The molecule has 4 heteroatoms. The van der Waals surface area contributed by atoms with Crippen molar-refractivity contribution >= 4 is 17.4 Å². The highest BCUT2D eigenvalue weighted by Crippen LogP contribution is 1.91. The van der Waals surface area contributed by atoms with Gasteiger partial charge in [-0.2, -0.15) is 0 Å². The van der Waals surface area contributed by atoms with Crippen LogP contribution in [0.15, 0.2) is 18.5 Å². The number of nitrogens with zero attached hydrogens (tertiary/aromatic N) is 2. The molecule has 1 aromatic rings. The Morgan fingerprint density at radius 2 is 2.09 bits per heavy atom. The second kappa shape index (κ2) is 4.03. The van der Waals surface area contributed by atoms with Crippen LogP contribution in [0, 0.1) is 0 Å². The van der Waals surface area contributed by atoms with Gasteiger partial charge in [-0.05, 0) is 6.07 Å². The highest BCUT2D eigenvalue weighted by Gasteiger charge is 2.02. The molecule has 11 heavy (non-hydrogen) atoms. The average molecular weight is 171 g/mol. The lowest BCUT2D eigenvalue weighted by Gasteiger charge is -1.93. The number of rotatable bonds is 3. The summed E-state index contributed by atoms with van der Waals surface area (Å²) in [5, 5.41) is 0. The molecule has 0 radical (unpaired) electrons. The van der Waals surface area contributed by atoms with E-state index in [1.165, 1.54) is 0 Å². The van der Waals surface area contributed by atoms with E-state index in [1.54, 1.807) is 18.5 Å². The predicted molar refractivity (Wildman–Crippen MR) is 41.5 cm³/mol. The van der Waals surface area contributed by atoms with Crippen LogP contribution in [0.25, 0.3) is 0 Å². The Morgan fingerprint density at radius 1 is 1.45 bits per heavy atom. The molecular formula is C7H7ClN2O. The molecule has 0 aliphatic heterocycles. The number of carbonyl (C=O) groups excluding carboxylic acids is 1. The molecule has 0 aliphatic rings. The number of halogens is 1. The molecule has 0 fully saturated rings. The number of alkyl halides is 1. The fraction of sp³-hybridized carbons (Fsp3) is 0.286. The van der Waals surface area contributed by atoms with Crippen molar-refractivity contribution in [2.75, 3.05) is 5.88 Å². The summed E-state index contributed by atoms with van der Waals surface area (Å²) in [6.07, 6.45) is 3.43. The molecule has 0 aliphatic carbocycles. The molecule has 0 aromatic carbocycles. The largest absolute Gasteiger partial charge is 0.298 e. The van der Waals surface area contributed by atoms with E-state index in [1.807, 2.05) is 0 Å². The summed E-state index contributed by atoms with van der Waals surface area (Å²) >= 11 is 5.30. The second-order valence-electron chi connectivity index (χ2n) is 2.01. The van der Waals surface area contributed by atoms with Crippen molar-refractivity contribution in [3.05, 3.63) is 24.3 Å². The maximum absolute atomic E-state index is 10.8. The first-order valence-electron chi connectivity index (χ1n) is 3.16. The first-order chi connectivity index (χ1) is 5.33. The molecule has 58 valence electrons. The van der Waals surface area contributed by atoms with Gasteiger partial charge in [0.2, 0.25) is 0 Å². The van der Waals surface area contributed by atoms with Gasteiger partial charge in [0.25, 0.3) is 0 Å². The van der Waals surface area contributed by atoms with Crippen LogP contribution in [0.2, 0.25) is 0 Å². The van der Waals surface area contributed by atoms with E-state index in [2.05, 4.69) is 9.97 Å². The minimum atomic E-state index is -0.0575. The Morgan fingerprint density at radius 3 is 2.64 bits per heavy atom. The van der Waals surface area contributed by atoms with Gasteiger partial charge in [0.15, 0.2) is 5.78 Å². The zero-order chi connectivity index (χ0) is 8.10. The fourth-order valence-corrected chi connectivity index (χ4v) is 0.739. The van der Waals surface area contributed by atoms with Gasteiger partial charge in [-0.1, -0.05) is 0 Å². The lowest BCUT2D eigenvalue weighted by molar-refractivity contribution is -0.116. The van der Waals surface area contributed by atoms with Gasteiger partial charge in [-0.25, -0.2) is 9.97 Å². The van der Waals surface area contributed by atoms with Crippen molar-refractivity contribution in [1.82, 2.24) is 9.97 Å². The van der Waals surface area contributed by atoms with Crippen molar-refractivity contribution in [3.8, 4) is 0 Å². The Hall–Kier alpha value is -0.960. The number of carbonyl (C=O) groups is 1. The van der Waals surface area contributed by atoms with Gasteiger partial charge < -0.3 is 0 Å². The van der Waals surface area contributed by atoms with Gasteiger partial charge in [0, 0.05) is 12.4 Å². The number of aromatic nitrogens is 2. The summed E-state index contributed by atoms with van der Waals surface area (Å²) in [6, 6.07) is 1.70. The molecule has 0 N–H and O–H groups in total. The smallest absolute Gasteiger partial charge is 0.155 e. The standard InChI is InChI=1S/C7H7ClN2O/c8-5-6(11)4-7-9-2-1-3-10-7/h1-3H,4-5H2. The molecule has 0 unspecified atom stereocenters. The minimum Gasteiger partial charge on any atom is -0.298 e. The first kappa shape index (κ1) is 8.14. The minimum absolute atomic E-state index is 0.0260. The maximum atomic E-state index is 10.8. The monoisotopic (exact) mass is 170 g/mol. The highest BCUT2D eigenvalue weighted by atomic mass is 35.5. The Labute approximate surface area is 69.4 Å². The number of ketones is 1. The molecule has 1 rings (SSSR count). The van der Waals surface area contributed by atoms with Crippen molar-refractivity contribution in [3.63, 3.8) is 0 Å². The quantitative estimate of drug-likeness (QED) is 0.631. The van der Waals surface area contributed by atoms with Crippen LogP contribution in [-0.2, 0) is 11.2 Å². The summed E-state index contributed by atoms with van der Waals surface area (Å²) in [5.41, 5.74) is 0. The van der Waals surface area contributed by atoms with Crippen molar-refractivity contribution in [2.45, 2.75) is 6.42 Å². The Kier molecular flexibility index (Phi) is 2.98. The van der Waals surface area contributed by atoms with E-state index in [0.29, 0.717) is 5.82 Å². The van der Waals surface area contributed by atoms with Crippen LogP contribution in [0.3, 0.4) is 0 Å². The molecule has 3 nitrogen and oxygen atoms in total. The summed E-state index contributed by atoms with van der Waals surface area (Å²) in [4.78, 5) is 18.5. The van der Waals surface area contributed by atoms with Gasteiger partial charge in [-0.3, -0.25) is 4.79 Å². The molecular weight excluding hydrogens is 164 g/mol. The van der Waals surface area contributed by atoms with E-state index in [-0.39, 0.29) is 18.1 Å². The lowest BCUT2D eigenvalue weighted by atomic mass is 10.3. The average Bonchev–Trinajstić information content (AvgIpc) is 2.06. The van der Waals surface area contributed by atoms with Crippen LogP contribution in [0.5, 0.6) is 0 Å². The zero-order valence-electron chi connectivity index (χ0n) is 5.83. The van der Waals surface area contributed by atoms with E-state index < -0.39 is 0 Å². The normalized spacial score (nSPS) is 9.55. The van der Waals surface area contributed by atoms with Crippen molar-refractivity contribution < 1.29 is 4.79 Å². The van der Waals surface area contributed by atoms with Gasteiger partial charge >= 0.3 is 0 Å². The molecule has 0 atom stereocenters. The summed E-state index contributed by atoms with van der Waals surface area (Å²) < 4.78 is 0. The molecule has 0 bridgehead atoms. The molecule has 0 amide bonds.